The molecule has 3 aromatic carbocycles. The van der Waals surface area contributed by atoms with E-state index in [1.807, 2.05) is 95.6 Å². The summed E-state index contributed by atoms with van der Waals surface area (Å²) in [6.07, 6.45) is 0.184. The molecular formula is C31H33N9O2. The highest BCUT2D eigenvalue weighted by molar-refractivity contribution is 6.04. The number of piperazine rings is 1. The number of aryl methyl sites for hydroxylation is 1. The monoisotopic (exact) mass is 563 g/mol. The molecule has 1 aliphatic heterocycles. The van der Waals surface area contributed by atoms with Gasteiger partial charge in [-0.25, -0.2) is 10.8 Å². The van der Waals surface area contributed by atoms with E-state index in [-0.39, 0.29) is 30.6 Å². The highest BCUT2D eigenvalue weighted by Crippen LogP contribution is 2.27. The molecule has 11 heteroatoms. The minimum atomic E-state index is -0.223. The summed E-state index contributed by atoms with van der Waals surface area (Å²) < 4.78 is 0. The number of amidine groups is 1. The molecule has 0 atom stereocenters. The first-order chi connectivity index (χ1) is 20.4. The van der Waals surface area contributed by atoms with Crippen molar-refractivity contribution >= 4 is 29.4 Å². The van der Waals surface area contributed by atoms with Crippen LogP contribution >= 0.6 is 0 Å². The second-order valence-corrected chi connectivity index (χ2v) is 10.0. The fraction of sp³-hybridized carbons (Fsp3) is 0.194. The minimum Gasteiger partial charge on any atom is -0.335 e. The predicted octanol–water partition coefficient (Wildman–Crippen LogP) is 2.57. The summed E-state index contributed by atoms with van der Waals surface area (Å²) in [5.74, 6) is 11.9. The lowest BCUT2D eigenvalue weighted by Crippen LogP contribution is -2.50. The molecule has 42 heavy (non-hydrogen) atoms. The molecule has 1 aliphatic rings. The first-order valence-corrected chi connectivity index (χ1v) is 13.6. The SMILES string of the molecule is Cc1ccc(CC(=O)Nc2cc(-c3ccccc3/C(=N/N)NN)nc(N3CCN(Cc4ccccc4)C(=O)C3)n2)cc1. The van der Waals surface area contributed by atoms with Crippen molar-refractivity contribution in [3.63, 3.8) is 0 Å². The Kier molecular flexibility index (Phi) is 8.69. The summed E-state index contributed by atoms with van der Waals surface area (Å²) in [6, 6.07) is 26.7. The number of nitrogens with one attached hydrogen (secondary N) is 2. The van der Waals surface area contributed by atoms with Crippen LogP contribution in [0.15, 0.2) is 90.0 Å². The van der Waals surface area contributed by atoms with Crippen LogP contribution in [0.3, 0.4) is 0 Å². The molecule has 0 aliphatic carbocycles. The molecule has 1 aromatic heterocycles. The zero-order valence-electron chi connectivity index (χ0n) is 23.3. The number of amides is 2. The molecule has 214 valence electrons. The number of benzene rings is 3. The third-order valence-corrected chi connectivity index (χ3v) is 7.01. The van der Waals surface area contributed by atoms with E-state index in [1.54, 1.807) is 6.07 Å². The Morgan fingerprint density at radius 2 is 1.69 bits per heavy atom. The van der Waals surface area contributed by atoms with Crippen LogP contribution in [0.2, 0.25) is 0 Å². The third-order valence-electron chi connectivity index (χ3n) is 7.01. The molecule has 4 aromatic rings. The Labute approximate surface area is 244 Å². The highest BCUT2D eigenvalue weighted by atomic mass is 16.2. The zero-order chi connectivity index (χ0) is 29.5. The van der Waals surface area contributed by atoms with Crippen molar-refractivity contribution in [2.75, 3.05) is 29.9 Å². The van der Waals surface area contributed by atoms with Crippen LogP contribution in [0.5, 0.6) is 0 Å². The number of carbonyl (C=O) groups excluding carboxylic acids is 2. The van der Waals surface area contributed by atoms with Crippen molar-refractivity contribution in [2.24, 2.45) is 16.8 Å². The Morgan fingerprint density at radius 1 is 0.952 bits per heavy atom. The first kappa shape index (κ1) is 28.2. The van der Waals surface area contributed by atoms with Crippen molar-refractivity contribution in [1.82, 2.24) is 20.3 Å². The lowest BCUT2D eigenvalue weighted by Gasteiger charge is -2.34. The number of carbonyl (C=O) groups is 2. The van der Waals surface area contributed by atoms with Gasteiger partial charge in [-0.2, -0.15) is 10.1 Å². The van der Waals surface area contributed by atoms with Crippen molar-refractivity contribution in [3.8, 4) is 11.3 Å². The normalized spacial score (nSPS) is 13.7. The Morgan fingerprint density at radius 3 is 2.40 bits per heavy atom. The summed E-state index contributed by atoms with van der Waals surface area (Å²) in [6.45, 7) is 3.68. The fourth-order valence-electron chi connectivity index (χ4n) is 4.80. The van der Waals surface area contributed by atoms with Gasteiger partial charge in [0.25, 0.3) is 0 Å². The van der Waals surface area contributed by atoms with Gasteiger partial charge in [-0.05, 0) is 18.1 Å². The molecule has 2 heterocycles. The van der Waals surface area contributed by atoms with E-state index in [0.29, 0.717) is 48.2 Å². The van der Waals surface area contributed by atoms with Crippen LogP contribution in [-0.4, -0.2) is 52.2 Å². The number of anilines is 2. The maximum atomic E-state index is 13.2. The molecule has 0 bridgehead atoms. The zero-order valence-corrected chi connectivity index (χ0v) is 23.3. The molecule has 0 spiro atoms. The van der Waals surface area contributed by atoms with Crippen LogP contribution in [0, 0.1) is 6.92 Å². The number of hydrazine groups is 1. The van der Waals surface area contributed by atoms with E-state index in [4.69, 9.17) is 16.7 Å². The number of aromatic nitrogens is 2. The van der Waals surface area contributed by atoms with E-state index < -0.39 is 0 Å². The summed E-state index contributed by atoms with van der Waals surface area (Å²) in [5, 5.41) is 6.68. The Balaban J connectivity index is 1.44. The Bertz CT molecular complexity index is 1590. The van der Waals surface area contributed by atoms with E-state index in [0.717, 1.165) is 16.7 Å². The van der Waals surface area contributed by atoms with E-state index in [9.17, 15) is 9.59 Å². The van der Waals surface area contributed by atoms with Gasteiger partial charge >= 0.3 is 0 Å². The smallest absolute Gasteiger partial charge is 0.242 e. The number of rotatable bonds is 8. The highest BCUT2D eigenvalue weighted by Gasteiger charge is 2.27. The van der Waals surface area contributed by atoms with Gasteiger partial charge in [0.05, 0.1) is 12.1 Å². The standard InChI is InChI=1S/C31H33N9O2/c1-21-11-13-22(14-12-21)17-28(41)35-27-18-26(24-9-5-6-10-25(24)30(37-32)38-33)34-31(36-27)40-16-15-39(29(42)20-40)19-23-7-3-2-4-8-23/h2-14,18H,15-17,19-20,32-33H2,1H3,(H,37,38)(H,34,35,36,41). The van der Waals surface area contributed by atoms with Gasteiger partial charge in [0, 0.05) is 36.8 Å². The molecule has 6 N–H and O–H groups in total. The van der Waals surface area contributed by atoms with Crippen LogP contribution in [0.1, 0.15) is 22.3 Å². The summed E-state index contributed by atoms with van der Waals surface area (Å²) in [4.78, 5) is 39.3. The average Bonchev–Trinajstić information content (AvgIpc) is 3.00. The van der Waals surface area contributed by atoms with Gasteiger partial charge in [0.15, 0.2) is 5.84 Å². The fourth-order valence-corrected chi connectivity index (χ4v) is 4.80. The topological polar surface area (TPSA) is 155 Å². The van der Waals surface area contributed by atoms with Gasteiger partial charge in [0.2, 0.25) is 17.8 Å². The van der Waals surface area contributed by atoms with Crippen LogP contribution < -0.4 is 27.3 Å². The molecule has 0 radical (unpaired) electrons. The van der Waals surface area contributed by atoms with E-state index in [2.05, 4.69) is 20.8 Å². The second-order valence-electron chi connectivity index (χ2n) is 10.0. The lowest BCUT2D eigenvalue weighted by atomic mass is 10.0. The quantitative estimate of drug-likeness (QED) is 0.110. The maximum absolute atomic E-state index is 13.2. The number of hydrazone groups is 1. The summed E-state index contributed by atoms with van der Waals surface area (Å²) in [7, 11) is 0. The molecule has 5 rings (SSSR count). The van der Waals surface area contributed by atoms with Crippen LogP contribution in [-0.2, 0) is 22.6 Å². The lowest BCUT2D eigenvalue weighted by molar-refractivity contribution is -0.131. The van der Waals surface area contributed by atoms with Gasteiger partial charge in [-0.15, -0.1) is 0 Å². The number of nitrogens with zero attached hydrogens (tertiary/aromatic N) is 5. The van der Waals surface area contributed by atoms with Gasteiger partial charge in [-0.3, -0.25) is 9.59 Å². The van der Waals surface area contributed by atoms with Gasteiger partial charge in [-0.1, -0.05) is 84.4 Å². The summed E-state index contributed by atoms with van der Waals surface area (Å²) in [5.41, 5.74) is 7.39. The van der Waals surface area contributed by atoms with Crippen LogP contribution in [0.25, 0.3) is 11.3 Å². The summed E-state index contributed by atoms with van der Waals surface area (Å²) >= 11 is 0. The molecule has 0 unspecified atom stereocenters. The minimum absolute atomic E-state index is 0.0330. The van der Waals surface area contributed by atoms with Gasteiger partial charge in [0.1, 0.15) is 12.4 Å². The molecular weight excluding hydrogens is 530 g/mol. The Hall–Kier alpha value is -5.29. The molecule has 2 amide bonds. The van der Waals surface area contributed by atoms with Crippen LogP contribution in [0.4, 0.5) is 11.8 Å². The van der Waals surface area contributed by atoms with Gasteiger partial charge < -0.3 is 26.4 Å². The van der Waals surface area contributed by atoms with E-state index >= 15 is 0 Å². The molecule has 0 saturated carbocycles. The average molecular weight is 564 g/mol. The maximum Gasteiger partial charge on any atom is 0.242 e. The third kappa shape index (κ3) is 6.70. The molecule has 11 nitrogen and oxygen atoms in total. The second kappa shape index (κ2) is 12.9. The molecule has 1 saturated heterocycles. The van der Waals surface area contributed by atoms with Crippen molar-refractivity contribution < 1.29 is 9.59 Å². The van der Waals surface area contributed by atoms with E-state index in [1.165, 1.54) is 0 Å². The number of hydrogen-bond donors (Lipinski definition) is 4. The van der Waals surface area contributed by atoms with Crippen molar-refractivity contribution in [1.29, 1.82) is 0 Å². The largest absolute Gasteiger partial charge is 0.335 e. The van der Waals surface area contributed by atoms with Crippen molar-refractivity contribution in [3.05, 3.63) is 107 Å². The molecule has 1 fully saturated rings. The number of hydrogen-bond acceptors (Lipinski definition) is 8. The number of nitrogens with two attached hydrogens (primary N) is 2. The van der Waals surface area contributed by atoms with Crippen molar-refractivity contribution in [2.45, 2.75) is 19.9 Å². The first-order valence-electron chi connectivity index (χ1n) is 13.6. The predicted molar refractivity (Wildman–Crippen MR) is 163 cm³/mol.